The van der Waals surface area contributed by atoms with Crippen LogP contribution in [0.1, 0.15) is 124 Å². The van der Waals surface area contributed by atoms with Crippen LogP contribution in [0.4, 0.5) is 4.79 Å². The van der Waals surface area contributed by atoms with E-state index in [4.69, 9.17) is 18.3 Å². The van der Waals surface area contributed by atoms with Crippen molar-refractivity contribution >= 4 is 23.8 Å². The second-order valence-corrected chi connectivity index (χ2v) is 17.3. The first-order chi connectivity index (χ1) is 22.8. The van der Waals surface area contributed by atoms with Gasteiger partial charge in [-0.15, -0.1) is 0 Å². The maximum absolute atomic E-state index is 14.8. The topological polar surface area (TPSA) is 162 Å². The quantitative estimate of drug-likeness (QED) is 0.302. The molecule has 0 unspecified atom stereocenters. The average molecular weight is 684 g/mol. The van der Waals surface area contributed by atoms with Crippen molar-refractivity contribution < 1.29 is 42.6 Å². The highest BCUT2D eigenvalue weighted by atomic mass is 16.6. The van der Waals surface area contributed by atoms with Crippen LogP contribution in [0.3, 0.4) is 0 Å². The monoisotopic (exact) mass is 683 g/mol. The molecule has 4 fully saturated rings. The number of esters is 1. The summed E-state index contributed by atoms with van der Waals surface area (Å²) in [5, 5.41) is 13.3. The largest absolute Gasteiger partial charge is 0.519 e. The number of carbonyl (C=O) groups excluding carboxylic acids is 3. The van der Waals surface area contributed by atoms with Crippen molar-refractivity contribution in [3.05, 3.63) is 33.8 Å². The van der Waals surface area contributed by atoms with E-state index < -0.39 is 45.8 Å². The number of allylic oxidation sites excluding steroid dienone is 2. The van der Waals surface area contributed by atoms with Crippen LogP contribution >= 0.6 is 0 Å². The van der Waals surface area contributed by atoms with Crippen molar-refractivity contribution in [2.75, 3.05) is 0 Å². The lowest BCUT2D eigenvalue weighted by Gasteiger charge is -2.70. The number of carboxylic acid groups (broad SMARTS) is 1. The lowest BCUT2D eigenvalue weighted by Crippen LogP contribution is -2.72. The predicted octanol–water partition coefficient (Wildman–Crippen LogP) is 6.89. The van der Waals surface area contributed by atoms with E-state index in [1.54, 1.807) is 13.8 Å². The third-order valence-electron chi connectivity index (χ3n) is 14.8. The molecule has 5 aliphatic rings. The van der Waals surface area contributed by atoms with Crippen molar-refractivity contribution in [3.63, 3.8) is 0 Å². The first-order valence-corrected chi connectivity index (χ1v) is 18.0. The van der Waals surface area contributed by atoms with Gasteiger partial charge >= 0.3 is 23.9 Å². The Labute approximate surface area is 287 Å². The molecular formula is C38H53NO10. The summed E-state index contributed by atoms with van der Waals surface area (Å²) in [4.78, 5) is 64.9. The Hall–Kier alpha value is -3.37. The van der Waals surface area contributed by atoms with Crippen LogP contribution in [0.2, 0.25) is 0 Å². The summed E-state index contributed by atoms with van der Waals surface area (Å²) in [5.74, 6) is -2.18. The number of ether oxygens (including phenoxy) is 2. The number of ketones is 1. The molecule has 270 valence electrons. The van der Waals surface area contributed by atoms with Crippen molar-refractivity contribution in [3.8, 4) is 0 Å². The van der Waals surface area contributed by atoms with Crippen LogP contribution in [-0.4, -0.2) is 40.6 Å². The fourth-order valence-electron chi connectivity index (χ4n) is 11.5. The van der Waals surface area contributed by atoms with E-state index in [0.29, 0.717) is 32.1 Å². The third-order valence-corrected chi connectivity index (χ3v) is 14.8. The minimum absolute atomic E-state index is 0.0162. The molecule has 1 amide bonds. The minimum Gasteiger partial charge on any atom is -0.481 e. The molecule has 1 aromatic heterocycles. The van der Waals surface area contributed by atoms with E-state index in [9.17, 15) is 29.1 Å². The fraction of sp³-hybridized carbons (Fsp3) is 0.763. The Balaban J connectivity index is 1.36. The molecule has 0 bridgehead atoms. The molecule has 0 aromatic carbocycles. The van der Waals surface area contributed by atoms with Gasteiger partial charge in [-0.3, -0.25) is 14.4 Å². The number of aryl methyl sites for hydroxylation is 1. The fourth-order valence-corrected chi connectivity index (χ4v) is 11.5. The number of alkyl carbamates (subject to hydrolysis) is 1. The van der Waals surface area contributed by atoms with Crippen molar-refractivity contribution in [2.45, 2.75) is 138 Å². The Kier molecular flexibility index (Phi) is 8.38. The highest BCUT2D eigenvalue weighted by Gasteiger charge is 2.71. The summed E-state index contributed by atoms with van der Waals surface area (Å²) in [6.07, 6.45) is 7.08. The molecule has 0 saturated heterocycles. The number of carboxylic acids is 1. The maximum atomic E-state index is 14.8. The first-order valence-electron chi connectivity index (χ1n) is 18.0. The molecule has 6 rings (SSSR count). The Bertz CT molecular complexity index is 1660. The summed E-state index contributed by atoms with van der Waals surface area (Å²) in [7, 11) is 0. The van der Waals surface area contributed by atoms with Gasteiger partial charge in [0.1, 0.15) is 6.10 Å². The van der Waals surface area contributed by atoms with Crippen LogP contribution in [0, 0.1) is 51.8 Å². The highest BCUT2D eigenvalue weighted by Crippen LogP contribution is 2.74. The molecule has 49 heavy (non-hydrogen) atoms. The van der Waals surface area contributed by atoms with Gasteiger partial charge in [0, 0.05) is 12.3 Å². The second kappa shape index (κ2) is 11.6. The third kappa shape index (κ3) is 5.22. The summed E-state index contributed by atoms with van der Waals surface area (Å²) in [6, 6.07) is 0. The number of amides is 1. The molecule has 0 radical (unpaired) electrons. The second-order valence-electron chi connectivity index (χ2n) is 17.3. The minimum atomic E-state index is -1.06. The molecule has 0 spiro atoms. The zero-order valence-corrected chi connectivity index (χ0v) is 30.3. The van der Waals surface area contributed by atoms with Gasteiger partial charge in [0.05, 0.1) is 11.0 Å². The Morgan fingerprint density at radius 1 is 0.959 bits per heavy atom. The molecular weight excluding hydrogens is 630 g/mol. The molecule has 10 atom stereocenters. The maximum Gasteiger partial charge on any atom is 0.519 e. The molecule has 11 nitrogen and oxygen atoms in total. The Morgan fingerprint density at radius 3 is 2.29 bits per heavy atom. The number of hydrogen-bond acceptors (Lipinski definition) is 9. The number of fused-ring (bicyclic) bond motifs is 7. The predicted molar refractivity (Wildman–Crippen MR) is 177 cm³/mol. The van der Waals surface area contributed by atoms with Crippen LogP contribution in [0.15, 0.2) is 25.3 Å². The van der Waals surface area contributed by atoms with Gasteiger partial charge in [-0.1, -0.05) is 40.2 Å². The molecule has 2 N–H and O–H groups in total. The molecule has 11 heteroatoms. The van der Waals surface area contributed by atoms with E-state index in [0.717, 1.165) is 31.3 Å². The first kappa shape index (κ1) is 35.5. The Morgan fingerprint density at radius 2 is 1.65 bits per heavy atom. The standard InChI is InChI=1S/C38H53NO10/c1-9-28(41)49-27-11-12-35(5)26(38(27,8)39-31(44)46-20-25-21(2)47-32(45)48-25)10-13-37(7)29(35)24(40)18-22-23-19-34(4,30(42)43)15-14-33(23,3)16-17-36(22,37)6/h18,23,26-27,29H,9-17,19-20H2,1-8H3,(H,39,44)(H,42,43)/t23-,26+,27-,29+,33+,34-,35-,36+,37+,38-/m0/s1. The highest BCUT2D eigenvalue weighted by molar-refractivity contribution is 5.96. The average Bonchev–Trinajstić information content (AvgIpc) is 3.35. The number of aliphatic carboxylic acids is 1. The van der Waals surface area contributed by atoms with Crippen molar-refractivity contribution in [2.24, 2.45) is 44.8 Å². The van der Waals surface area contributed by atoms with E-state index >= 15 is 0 Å². The summed E-state index contributed by atoms with van der Waals surface area (Å²) in [6.45, 7) is 15.8. The van der Waals surface area contributed by atoms with Crippen LogP contribution in [0.25, 0.3) is 0 Å². The van der Waals surface area contributed by atoms with E-state index in [2.05, 4.69) is 33.0 Å². The SMILES string of the molecule is CCC(=O)O[C@H]1CC[C@@]2(C)[C@@H](CC[C@]3(C)[C@@H]2C(=O)C=C2[C@@H]4C[C@@](C)(C(=O)O)CC[C@]4(C)CC[C@]23C)[C@]1(C)NC(=O)OCc1oc(=O)oc1C. The number of nitrogens with one attached hydrogen (secondary N) is 1. The smallest absolute Gasteiger partial charge is 0.481 e. The lowest BCUT2D eigenvalue weighted by atomic mass is 9.34. The lowest BCUT2D eigenvalue weighted by molar-refractivity contribution is -0.200. The molecule has 1 aromatic rings. The molecule has 0 aliphatic heterocycles. The van der Waals surface area contributed by atoms with E-state index in [-0.39, 0.29) is 64.9 Å². The zero-order chi connectivity index (χ0) is 35.9. The summed E-state index contributed by atoms with van der Waals surface area (Å²) < 4.78 is 21.4. The van der Waals surface area contributed by atoms with Gasteiger partial charge < -0.3 is 28.7 Å². The number of carbonyl (C=O) groups is 4. The van der Waals surface area contributed by atoms with E-state index in [1.807, 2.05) is 19.9 Å². The van der Waals surface area contributed by atoms with Crippen LogP contribution in [-0.2, 0) is 30.5 Å². The molecule has 4 saturated carbocycles. The zero-order valence-electron chi connectivity index (χ0n) is 30.3. The summed E-state index contributed by atoms with van der Waals surface area (Å²) in [5.41, 5.74) is -2.06. The van der Waals surface area contributed by atoms with Crippen LogP contribution in [0.5, 0.6) is 0 Å². The van der Waals surface area contributed by atoms with Crippen LogP contribution < -0.4 is 11.1 Å². The van der Waals surface area contributed by atoms with Gasteiger partial charge in [0.25, 0.3) is 0 Å². The van der Waals surface area contributed by atoms with Gasteiger partial charge in [0.2, 0.25) is 0 Å². The normalized spacial score (nSPS) is 42.8. The molecule has 1 heterocycles. The number of rotatable bonds is 6. The van der Waals surface area contributed by atoms with Gasteiger partial charge in [-0.05, 0) is 118 Å². The number of hydrogen-bond donors (Lipinski definition) is 2. The summed E-state index contributed by atoms with van der Waals surface area (Å²) >= 11 is 0. The van der Waals surface area contributed by atoms with Crippen molar-refractivity contribution in [1.29, 1.82) is 0 Å². The van der Waals surface area contributed by atoms with Crippen molar-refractivity contribution in [1.82, 2.24) is 5.32 Å². The molecule has 5 aliphatic carbocycles. The van der Waals surface area contributed by atoms with Gasteiger partial charge in [0.15, 0.2) is 23.9 Å². The van der Waals surface area contributed by atoms with Gasteiger partial charge in [-0.25, -0.2) is 9.59 Å². The van der Waals surface area contributed by atoms with E-state index in [1.165, 1.54) is 0 Å². The van der Waals surface area contributed by atoms with Gasteiger partial charge in [-0.2, -0.15) is 0 Å².